The molecule has 0 heterocycles. The van der Waals surface area contributed by atoms with Crippen LogP contribution in [-0.4, -0.2) is 8.32 Å². The lowest BCUT2D eigenvalue weighted by molar-refractivity contribution is 0.488. The van der Waals surface area contributed by atoms with Crippen LogP contribution in [0.2, 0.25) is 18.1 Å². The Hall–Kier alpha value is -0.793. The van der Waals surface area contributed by atoms with E-state index in [9.17, 15) is 0 Å². The Morgan fingerprint density at radius 2 is 1.88 bits per heavy atom. The largest absolute Gasteiger partial charge is 0.542 e. The van der Waals surface area contributed by atoms with E-state index in [-0.39, 0.29) is 5.04 Å². The highest BCUT2D eigenvalue weighted by Crippen LogP contribution is 2.40. The minimum Gasteiger partial charge on any atom is -0.542 e. The summed E-state index contributed by atoms with van der Waals surface area (Å²) in [5, 5.41) is 9.23. The van der Waals surface area contributed by atoms with Crippen LogP contribution in [0, 0.1) is 11.3 Å². The number of halogens is 1. The van der Waals surface area contributed by atoms with Gasteiger partial charge >= 0.3 is 0 Å². The fourth-order valence-corrected chi connectivity index (χ4v) is 2.74. The summed E-state index contributed by atoms with van der Waals surface area (Å²) in [4.78, 5) is 0. The van der Waals surface area contributed by atoms with Gasteiger partial charge in [0.2, 0.25) is 0 Å². The number of nitrogens with zero attached hydrogens (tertiary/aromatic N) is 1. The van der Waals surface area contributed by atoms with Crippen LogP contribution in [-0.2, 0) is 0 Å². The first-order chi connectivity index (χ1) is 7.69. The molecule has 1 aromatic rings. The van der Waals surface area contributed by atoms with Gasteiger partial charge in [0.15, 0.2) is 0 Å². The summed E-state index contributed by atoms with van der Waals surface area (Å²) in [7, 11) is -1.91. The summed E-state index contributed by atoms with van der Waals surface area (Å²) < 4.78 is 7.04. The Morgan fingerprint density at radius 1 is 1.29 bits per heavy atom. The Balaban J connectivity index is 3.17. The molecule has 1 rings (SSSR count). The van der Waals surface area contributed by atoms with Crippen molar-refractivity contribution in [2.75, 3.05) is 0 Å². The molecule has 0 aliphatic carbocycles. The van der Waals surface area contributed by atoms with Gasteiger partial charge in [-0.15, -0.1) is 0 Å². The lowest BCUT2D eigenvalue weighted by atomic mass is 10.2. The van der Waals surface area contributed by atoms with Gasteiger partial charge in [-0.05, 0) is 46.2 Å². The van der Waals surface area contributed by atoms with Crippen LogP contribution >= 0.6 is 15.9 Å². The molecule has 0 N–H and O–H groups in total. The minimum atomic E-state index is -1.91. The van der Waals surface area contributed by atoms with Crippen LogP contribution in [0.25, 0.3) is 0 Å². The number of rotatable bonds is 2. The number of para-hydroxylation sites is 1. The Morgan fingerprint density at radius 3 is 2.35 bits per heavy atom. The minimum absolute atomic E-state index is 0.120. The van der Waals surface area contributed by atoms with Crippen LogP contribution in [0.4, 0.5) is 0 Å². The molecule has 0 fully saturated rings. The Bertz CT molecular complexity index is 457. The van der Waals surface area contributed by atoms with Crippen molar-refractivity contribution >= 4 is 24.2 Å². The van der Waals surface area contributed by atoms with Crippen LogP contribution in [0.5, 0.6) is 5.75 Å². The van der Waals surface area contributed by atoms with Crippen molar-refractivity contribution in [3.05, 3.63) is 28.2 Å². The van der Waals surface area contributed by atoms with Crippen LogP contribution in [0.3, 0.4) is 0 Å². The van der Waals surface area contributed by atoms with Crippen LogP contribution < -0.4 is 4.43 Å². The molecule has 0 amide bonds. The maximum Gasteiger partial charge on any atom is 0.250 e. The summed E-state index contributed by atoms with van der Waals surface area (Å²) in [5.41, 5.74) is 0.587. The fourth-order valence-electron chi connectivity index (χ4n) is 1.11. The predicted molar refractivity (Wildman–Crippen MR) is 76.7 cm³/mol. The van der Waals surface area contributed by atoms with Crippen LogP contribution in [0.1, 0.15) is 26.3 Å². The zero-order valence-corrected chi connectivity index (χ0v) is 13.6. The Labute approximate surface area is 113 Å². The number of benzene rings is 1. The third-order valence-corrected chi connectivity index (χ3v) is 8.20. The molecule has 17 heavy (non-hydrogen) atoms. The summed E-state index contributed by atoms with van der Waals surface area (Å²) in [6.07, 6.45) is 0. The summed E-state index contributed by atoms with van der Waals surface area (Å²) in [6.45, 7) is 10.9. The van der Waals surface area contributed by atoms with Gasteiger partial charge in [-0.25, -0.2) is 0 Å². The van der Waals surface area contributed by atoms with Crippen molar-refractivity contribution in [3.8, 4) is 11.8 Å². The predicted octanol–water partition coefficient (Wildman–Crippen LogP) is 4.70. The molecule has 4 heteroatoms. The van der Waals surface area contributed by atoms with Gasteiger partial charge in [0.05, 0.1) is 10.0 Å². The SMILES string of the molecule is CC(C)(C)[Si](C)(C)Oc1c(Br)cccc1C#N. The fraction of sp³-hybridized carbons (Fsp3) is 0.462. The van der Waals surface area contributed by atoms with E-state index in [0.717, 1.165) is 4.47 Å². The molecular weight excluding hydrogens is 294 g/mol. The van der Waals surface area contributed by atoms with E-state index >= 15 is 0 Å². The monoisotopic (exact) mass is 311 g/mol. The smallest absolute Gasteiger partial charge is 0.250 e. The maximum absolute atomic E-state index is 9.11. The molecule has 0 bridgehead atoms. The summed E-state index contributed by atoms with van der Waals surface area (Å²) >= 11 is 3.45. The van der Waals surface area contributed by atoms with Gasteiger partial charge in [-0.2, -0.15) is 5.26 Å². The van der Waals surface area contributed by atoms with Gasteiger partial charge in [0.25, 0.3) is 8.32 Å². The number of hydrogen-bond acceptors (Lipinski definition) is 2. The first-order valence-electron chi connectivity index (χ1n) is 5.56. The summed E-state index contributed by atoms with van der Waals surface area (Å²) in [5.74, 6) is 0.682. The molecule has 0 atom stereocenters. The second-order valence-corrected chi connectivity index (χ2v) is 11.2. The Kier molecular flexibility index (Phi) is 4.05. The lowest BCUT2D eigenvalue weighted by Crippen LogP contribution is -2.44. The molecule has 0 saturated heterocycles. The highest BCUT2D eigenvalue weighted by molar-refractivity contribution is 9.10. The van der Waals surface area contributed by atoms with Crippen molar-refractivity contribution in [1.82, 2.24) is 0 Å². The van der Waals surface area contributed by atoms with E-state index in [1.165, 1.54) is 0 Å². The molecule has 1 aromatic carbocycles. The molecule has 92 valence electrons. The average molecular weight is 312 g/mol. The number of hydrogen-bond donors (Lipinski definition) is 0. The molecule has 0 aromatic heterocycles. The van der Waals surface area contributed by atoms with Crippen molar-refractivity contribution < 1.29 is 4.43 Å². The van der Waals surface area contributed by atoms with Crippen LogP contribution in [0.15, 0.2) is 22.7 Å². The highest BCUT2D eigenvalue weighted by Gasteiger charge is 2.39. The van der Waals surface area contributed by atoms with E-state index in [2.05, 4.69) is 55.9 Å². The van der Waals surface area contributed by atoms with E-state index in [1.54, 1.807) is 6.07 Å². The molecule has 0 radical (unpaired) electrons. The van der Waals surface area contributed by atoms with Gasteiger partial charge in [-0.1, -0.05) is 26.8 Å². The van der Waals surface area contributed by atoms with E-state index < -0.39 is 8.32 Å². The van der Waals surface area contributed by atoms with Gasteiger partial charge in [0, 0.05) is 0 Å². The van der Waals surface area contributed by atoms with E-state index in [0.29, 0.717) is 11.3 Å². The second kappa shape index (κ2) is 4.83. The number of nitriles is 1. The zero-order chi connectivity index (χ0) is 13.3. The second-order valence-electron chi connectivity index (χ2n) is 5.59. The molecule has 0 saturated carbocycles. The third-order valence-electron chi connectivity index (χ3n) is 3.25. The molecule has 0 spiro atoms. The van der Waals surface area contributed by atoms with Gasteiger partial charge in [-0.3, -0.25) is 0 Å². The first-order valence-corrected chi connectivity index (χ1v) is 9.27. The van der Waals surface area contributed by atoms with Gasteiger partial charge in [0.1, 0.15) is 11.8 Å². The molecule has 0 aliphatic heterocycles. The normalized spacial score (nSPS) is 12.1. The van der Waals surface area contributed by atoms with Crippen molar-refractivity contribution in [2.24, 2.45) is 0 Å². The molecule has 2 nitrogen and oxygen atoms in total. The zero-order valence-electron chi connectivity index (χ0n) is 11.0. The topological polar surface area (TPSA) is 33.0 Å². The molecular formula is C13H18BrNOSi. The van der Waals surface area contributed by atoms with Crippen molar-refractivity contribution in [3.63, 3.8) is 0 Å². The van der Waals surface area contributed by atoms with E-state index in [1.807, 2.05) is 12.1 Å². The molecule has 0 aliphatic rings. The average Bonchev–Trinajstić information content (AvgIpc) is 2.19. The van der Waals surface area contributed by atoms with Crippen molar-refractivity contribution in [2.45, 2.75) is 38.9 Å². The lowest BCUT2D eigenvalue weighted by Gasteiger charge is -2.36. The standard InChI is InChI=1S/C13H18BrNOSi/c1-13(2,3)17(4,5)16-12-10(9-15)7-6-8-11(12)14/h6-8H,1-5H3. The van der Waals surface area contributed by atoms with Gasteiger partial charge < -0.3 is 4.43 Å². The summed E-state index contributed by atoms with van der Waals surface area (Å²) in [6, 6.07) is 7.72. The third kappa shape index (κ3) is 3.11. The first kappa shape index (κ1) is 14.3. The van der Waals surface area contributed by atoms with E-state index in [4.69, 9.17) is 9.69 Å². The molecule has 0 unspecified atom stereocenters. The quantitative estimate of drug-likeness (QED) is 0.741. The highest BCUT2D eigenvalue weighted by atomic mass is 79.9. The van der Waals surface area contributed by atoms with Crippen molar-refractivity contribution in [1.29, 1.82) is 5.26 Å². The maximum atomic E-state index is 9.11.